The minimum absolute atomic E-state index is 0.0866. The molecular weight excluding hydrogens is 487 g/mol. The Labute approximate surface area is 230 Å². The molecule has 4 heteroatoms. The summed E-state index contributed by atoms with van der Waals surface area (Å²) in [6.07, 6.45) is 0. The van der Waals surface area contributed by atoms with Crippen LogP contribution in [0.2, 0.25) is 0 Å². The smallest absolute Gasteiger partial charge is 0.256 e. The van der Waals surface area contributed by atoms with Gasteiger partial charge in [-0.3, -0.25) is 0 Å². The Hall–Kier alpha value is -5.22. The lowest BCUT2D eigenvalue weighted by molar-refractivity contribution is 0.485. The van der Waals surface area contributed by atoms with Crippen molar-refractivity contribution in [2.45, 2.75) is 0 Å². The van der Waals surface area contributed by atoms with Gasteiger partial charge in [-0.05, 0) is 52.8 Å². The van der Waals surface area contributed by atoms with Crippen LogP contribution in [0.3, 0.4) is 0 Å². The SMILES string of the molecule is c1cc2c(c(-n3c4ccccc4c4ccccc43)c1)Oc1cccc3c1B2c1cccc2c4ccccc4n-3c12. The largest absolute Gasteiger partial charge is 0.456 e. The van der Waals surface area contributed by atoms with Crippen LogP contribution in [0.15, 0.2) is 127 Å². The lowest BCUT2D eigenvalue weighted by Crippen LogP contribution is -2.58. The van der Waals surface area contributed by atoms with E-state index in [4.69, 9.17) is 4.74 Å². The van der Waals surface area contributed by atoms with Gasteiger partial charge in [0.25, 0.3) is 6.71 Å². The van der Waals surface area contributed by atoms with Crippen molar-refractivity contribution in [3.63, 3.8) is 0 Å². The number of aromatic nitrogens is 2. The molecule has 40 heavy (non-hydrogen) atoms. The minimum Gasteiger partial charge on any atom is -0.456 e. The van der Waals surface area contributed by atoms with Gasteiger partial charge in [-0.1, -0.05) is 91.0 Å². The van der Waals surface area contributed by atoms with Crippen molar-refractivity contribution >= 4 is 66.7 Å². The molecule has 0 saturated carbocycles. The van der Waals surface area contributed by atoms with Crippen molar-refractivity contribution < 1.29 is 4.74 Å². The third kappa shape index (κ3) is 2.39. The molecule has 0 aliphatic carbocycles. The molecule has 2 aromatic heterocycles. The van der Waals surface area contributed by atoms with Gasteiger partial charge in [0.15, 0.2) is 0 Å². The van der Waals surface area contributed by atoms with E-state index in [9.17, 15) is 0 Å². The molecule has 0 N–H and O–H groups in total. The molecule has 0 spiro atoms. The van der Waals surface area contributed by atoms with E-state index in [0.717, 1.165) is 17.2 Å². The fourth-order valence-corrected chi connectivity index (χ4v) is 7.46. The standard InChI is InChI=1S/C36H21BN2O/c1-4-16-28-22(10-1)23-11-2-5-17-29(23)38(28)32-20-8-15-27-36(32)40-33-21-9-19-31-34(33)37(27)26-14-7-13-25-24-12-3-6-18-30(24)39(31)35(25)26/h1-21H. The topological polar surface area (TPSA) is 19.1 Å². The van der Waals surface area contributed by atoms with E-state index in [1.807, 2.05) is 0 Å². The molecule has 0 saturated heterocycles. The maximum Gasteiger partial charge on any atom is 0.256 e. The van der Waals surface area contributed by atoms with E-state index in [0.29, 0.717) is 0 Å². The molecule has 8 aromatic rings. The minimum atomic E-state index is 0.0866. The van der Waals surface area contributed by atoms with Gasteiger partial charge >= 0.3 is 0 Å². The quantitative estimate of drug-likeness (QED) is 0.223. The summed E-state index contributed by atoms with van der Waals surface area (Å²) in [5, 5.41) is 5.09. The number of hydrogen-bond acceptors (Lipinski definition) is 1. The summed E-state index contributed by atoms with van der Waals surface area (Å²) in [4.78, 5) is 0. The van der Waals surface area contributed by atoms with Crippen LogP contribution < -0.4 is 21.1 Å². The van der Waals surface area contributed by atoms with Gasteiger partial charge < -0.3 is 13.9 Å². The fourth-order valence-electron chi connectivity index (χ4n) is 7.46. The van der Waals surface area contributed by atoms with Crippen molar-refractivity contribution in [3.8, 4) is 22.9 Å². The van der Waals surface area contributed by atoms with Crippen molar-refractivity contribution in [2.75, 3.05) is 0 Å². The molecule has 2 aliphatic heterocycles. The number of fused-ring (bicyclic) bond motifs is 10. The normalized spacial score (nSPS) is 13.2. The molecule has 0 bridgehead atoms. The van der Waals surface area contributed by atoms with E-state index >= 15 is 0 Å². The zero-order valence-corrected chi connectivity index (χ0v) is 21.5. The zero-order chi connectivity index (χ0) is 25.9. The van der Waals surface area contributed by atoms with Crippen molar-refractivity contribution in [1.82, 2.24) is 9.13 Å². The molecule has 0 atom stereocenters. The van der Waals surface area contributed by atoms with Crippen LogP contribution >= 0.6 is 0 Å². The van der Waals surface area contributed by atoms with E-state index < -0.39 is 0 Å². The Morgan fingerprint density at radius 3 is 1.75 bits per heavy atom. The Morgan fingerprint density at radius 2 is 1.00 bits per heavy atom. The van der Waals surface area contributed by atoms with E-state index in [1.54, 1.807) is 0 Å². The molecule has 2 aliphatic rings. The maximum atomic E-state index is 6.94. The predicted molar refractivity (Wildman–Crippen MR) is 166 cm³/mol. The lowest BCUT2D eigenvalue weighted by atomic mass is 9.34. The second kappa shape index (κ2) is 7.25. The highest BCUT2D eigenvalue weighted by Crippen LogP contribution is 2.40. The predicted octanol–water partition coefficient (Wildman–Crippen LogP) is 6.82. The van der Waals surface area contributed by atoms with Crippen LogP contribution in [0, 0.1) is 0 Å². The van der Waals surface area contributed by atoms with Crippen LogP contribution in [-0.2, 0) is 0 Å². The van der Waals surface area contributed by atoms with Gasteiger partial charge in [0, 0.05) is 32.7 Å². The molecule has 6 aromatic carbocycles. The van der Waals surface area contributed by atoms with Crippen LogP contribution in [0.4, 0.5) is 0 Å². The van der Waals surface area contributed by atoms with Gasteiger partial charge in [-0.2, -0.15) is 0 Å². The summed E-state index contributed by atoms with van der Waals surface area (Å²) in [6, 6.07) is 46.0. The second-order valence-corrected chi connectivity index (χ2v) is 10.9. The summed E-state index contributed by atoms with van der Waals surface area (Å²) in [6.45, 7) is 0.0866. The van der Waals surface area contributed by atoms with Crippen molar-refractivity contribution in [2.24, 2.45) is 0 Å². The summed E-state index contributed by atoms with van der Waals surface area (Å²) in [5.74, 6) is 1.87. The van der Waals surface area contributed by atoms with Gasteiger partial charge in [-0.25, -0.2) is 0 Å². The summed E-state index contributed by atoms with van der Waals surface area (Å²) >= 11 is 0. The average molecular weight is 508 g/mol. The van der Waals surface area contributed by atoms with Crippen LogP contribution in [0.25, 0.3) is 55.0 Å². The van der Waals surface area contributed by atoms with E-state index in [1.165, 1.54) is 65.7 Å². The Bertz CT molecular complexity index is 2320. The first kappa shape index (κ1) is 20.7. The van der Waals surface area contributed by atoms with Gasteiger partial charge in [-0.15, -0.1) is 0 Å². The van der Waals surface area contributed by atoms with Gasteiger partial charge in [0.2, 0.25) is 0 Å². The number of nitrogens with zero attached hydrogens (tertiary/aromatic N) is 2. The van der Waals surface area contributed by atoms with E-state index in [-0.39, 0.29) is 6.71 Å². The highest BCUT2D eigenvalue weighted by atomic mass is 16.5. The highest BCUT2D eigenvalue weighted by molar-refractivity contribution is 6.99. The number of para-hydroxylation sites is 5. The number of rotatable bonds is 1. The number of hydrogen-bond donors (Lipinski definition) is 0. The Kier molecular flexibility index (Phi) is 3.75. The molecule has 4 heterocycles. The highest BCUT2D eigenvalue weighted by Gasteiger charge is 2.41. The Morgan fingerprint density at radius 1 is 0.450 bits per heavy atom. The molecular formula is C36H21BN2O. The monoisotopic (exact) mass is 508 g/mol. The molecule has 10 rings (SSSR count). The molecule has 0 amide bonds. The summed E-state index contributed by atoms with van der Waals surface area (Å²) < 4.78 is 11.8. The first-order chi connectivity index (χ1) is 19.9. The molecule has 184 valence electrons. The lowest BCUT2D eigenvalue weighted by Gasteiger charge is -2.34. The average Bonchev–Trinajstić information content (AvgIpc) is 3.53. The Balaban J connectivity index is 1.34. The molecule has 0 radical (unpaired) electrons. The van der Waals surface area contributed by atoms with Crippen LogP contribution in [0.1, 0.15) is 0 Å². The molecule has 0 unspecified atom stereocenters. The first-order valence-electron chi connectivity index (χ1n) is 13.8. The third-order valence-corrected chi connectivity index (χ3v) is 8.98. The fraction of sp³-hybridized carbons (Fsp3) is 0. The van der Waals surface area contributed by atoms with Crippen molar-refractivity contribution in [3.05, 3.63) is 127 Å². The maximum absolute atomic E-state index is 6.94. The summed E-state index contributed by atoms with van der Waals surface area (Å²) in [7, 11) is 0. The van der Waals surface area contributed by atoms with Gasteiger partial charge in [0.05, 0.1) is 22.2 Å². The molecule has 0 fully saturated rings. The molecule has 3 nitrogen and oxygen atoms in total. The number of ether oxygens (including phenoxy) is 1. The second-order valence-electron chi connectivity index (χ2n) is 10.9. The number of benzene rings is 6. The first-order valence-corrected chi connectivity index (χ1v) is 13.8. The van der Waals surface area contributed by atoms with Crippen molar-refractivity contribution in [1.29, 1.82) is 0 Å². The van der Waals surface area contributed by atoms with E-state index in [2.05, 4.69) is 137 Å². The van der Waals surface area contributed by atoms with Crippen LogP contribution in [-0.4, -0.2) is 15.8 Å². The zero-order valence-electron chi connectivity index (χ0n) is 21.5. The third-order valence-electron chi connectivity index (χ3n) is 8.98. The van der Waals surface area contributed by atoms with Gasteiger partial charge in [0.1, 0.15) is 11.5 Å². The van der Waals surface area contributed by atoms with Crippen LogP contribution in [0.5, 0.6) is 11.5 Å². The summed E-state index contributed by atoms with van der Waals surface area (Å²) in [5.41, 5.74) is 11.0.